The molecule has 1 aliphatic heterocycles. The second-order valence-corrected chi connectivity index (χ2v) is 16.8. The van der Waals surface area contributed by atoms with Gasteiger partial charge in [-0.1, -0.05) is 63.4 Å². The summed E-state index contributed by atoms with van der Waals surface area (Å²) in [4.78, 5) is 106. The Balaban J connectivity index is 1.60. The summed E-state index contributed by atoms with van der Waals surface area (Å²) >= 11 is 0. The molecule has 7 N–H and O–H groups in total. The quantitative estimate of drug-likeness (QED) is 0.0588. The predicted molar refractivity (Wildman–Crippen MR) is 212 cm³/mol. The van der Waals surface area contributed by atoms with Gasteiger partial charge in [-0.25, -0.2) is 22.4 Å². The summed E-state index contributed by atoms with van der Waals surface area (Å²) in [5, 5.41) is 18.6. The monoisotopic (exact) mass is 876 g/mol. The number of nitrogens with zero attached hydrogens (tertiary/aromatic N) is 1. The van der Waals surface area contributed by atoms with Gasteiger partial charge in [0.15, 0.2) is 23.3 Å². The van der Waals surface area contributed by atoms with Crippen LogP contribution >= 0.6 is 0 Å². The number of hydrogen-bond acceptors (Lipinski definition) is 9. The number of carbonyl (C=O) groups is 8. The Kier molecular flexibility index (Phi) is 16.3. The number of ether oxygens (including phenoxy) is 1. The van der Waals surface area contributed by atoms with Gasteiger partial charge < -0.3 is 41.7 Å². The number of nitrogens with one attached hydrogen (secondary N) is 4. The molecule has 5 unspecified atom stereocenters. The van der Waals surface area contributed by atoms with Crippen molar-refractivity contribution in [1.82, 2.24) is 26.2 Å². The van der Waals surface area contributed by atoms with E-state index in [2.05, 4.69) is 21.3 Å². The van der Waals surface area contributed by atoms with Gasteiger partial charge in [-0.2, -0.15) is 0 Å². The normalized spacial score (nSPS) is 18.3. The molecule has 2 aromatic rings. The number of Topliss-reactive ketones (excluding diaryl/α,β-unsaturated/α-hetero) is 1. The summed E-state index contributed by atoms with van der Waals surface area (Å²) in [5.41, 5.74) is 1.33. The Morgan fingerprint density at radius 2 is 1.47 bits per heavy atom. The lowest BCUT2D eigenvalue weighted by Gasteiger charge is -2.35. The van der Waals surface area contributed by atoms with Crippen molar-refractivity contribution in [3.05, 3.63) is 70.3 Å². The van der Waals surface area contributed by atoms with Gasteiger partial charge in [0.1, 0.15) is 29.3 Å². The number of aromatic carboxylic acids is 1. The number of amides is 6. The van der Waals surface area contributed by atoms with Crippen molar-refractivity contribution in [2.45, 2.75) is 115 Å². The van der Waals surface area contributed by atoms with Crippen molar-refractivity contribution in [3.8, 4) is 0 Å². The molecular weight excluding hydrogens is 824 g/mol. The van der Waals surface area contributed by atoms with E-state index in [1.165, 1.54) is 0 Å². The zero-order valence-corrected chi connectivity index (χ0v) is 35.0. The molecule has 0 spiro atoms. The molecule has 2 aliphatic rings. The molecule has 16 nitrogen and oxygen atoms in total. The lowest BCUT2D eigenvalue weighted by molar-refractivity contribution is -0.143. The lowest BCUT2D eigenvalue weighted by atomic mass is 9.83. The van der Waals surface area contributed by atoms with Crippen LogP contribution in [0.1, 0.15) is 112 Å². The van der Waals surface area contributed by atoms with E-state index in [0.29, 0.717) is 31.2 Å². The standard InChI is InChI=1S/C42H52F4N6O10/c1-20(2)16-24(35(54)39(58)48-18-26(53)50-33(36(47)55)21-12-8-6-9-13-21)49-37(56)25-17-23(62-42(3,4)5)19-52(25)40(59)34(22-14-10-7-11-15-22)51-38(57)27-29(43)28(41(60)61)31(45)32(46)30(27)44/h6,8-9,12-13,20,22-25,33-34H,7,10-11,14-19H2,1-5H3,(H2,47,55)(H,48,58)(H,49,56)(H,50,53)(H,51,57)(H,60,61). The van der Waals surface area contributed by atoms with Crippen LogP contribution in [0.15, 0.2) is 30.3 Å². The van der Waals surface area contributed by atoms with Crippen LogP contribution in [0.2, 0.25) is 0 Å². The SMILES string of the molecule is CC(C)CC(NC(=O)C1CC(OC(C)(C)C)CN1C(=O)C(NC(=O)c1c(F)c(F)c(F)c(C(=O)O)c1F)C1CCCCC1)C(=O)C(=O)NCC(=O)NC(C(N)=O)c1ccccc1. The van der Waals surface area contributed by atoms with Gasteiger partial charge in [-0.05, 0) is 57.4 Å². The minimum absolute atomic E-state index is 0.0744. The van der Waals surface area contributed by atoms with E-state index in [4.69, 9.17) is 10.5 Å². The molecule has 2 aromatic carbocycles. The second-order valence-electron chi connectivity index (χ2n) is 16.8. The number of carbonyl (C=O) groups excluding carboxylic acids is 7. The van der Waals surface area contributed by atoms with E-state index in [0.717, 1.165) is 11.3 Å². The molecule has 5 atom stereocenters. The topological polar surface area (TPSA) is 243 Å². The fourth-order valence-electron chi connectivity index (χ4n) is 7.69. The third-order valence-corrected chi connectivity index (χ3v) is 10.4. The van der Waals surface area contributed by atoms with Crippen LogP contribution < -0.4 is 27.0 Å². The Bertz CT molecular complexity index is 2060. The summed E-state index contributed by atoms with van der Waals surface area (Å²) in [6.45, 7) is 7.58. The Morgan fingerprint density at radius 3 is 2.03 bits per heavy atom. The van der Waals surface area contributed by atoms with Crippen molar-refractivity contribution < 1.29 is 65.8 Å². The molecule has 0 bridgehead atoms. The van der Waals surface area contributed by atoms with Crippen molar-refractivity contribution >= 4 is 47.2 Å². The van der Waals surface area contributed by atoms with Gasteiger partial charge in [0.2, 0.25) is 29.4 Å². The molecule has 1 saturated heterocycles. The van der Waals surface area contributed by atoms with Gasteiger partial charge >= 0.3 is 5.97 Å². The number of benzene rings is 2. The predicted octanol–water partition coefficient (Wildman–Crippen LogP) is 2.96. The molecule has 1 heterocycles. The maximum absolute atomic E-state index is 15.3. The Morgan fingerprint density at radius 1 is 0.855 bits per heavy atom. The van der Waals surface area contributed by atoms with E-state index >= 15 is 4.39 Å². The largest absolute Gasteiger partial charge is 0.477 e. The number of halogens is 4. The molecule has 62 heavy (non-hydrogen) atoms. The zero-order chi connectivity index (χ0) is 46.2. The van der Waals surface area contributed by atoms with Crippen molar-refractivity contribution in [1.29, 1.82) is 0 Å². The molecule has 1 aliphatic carbocycles. The lowest BCUT2D eigenvalue weighted by Crippen LogP contribution is -2.58. The van der Waals surface area contributed by atoms with Gasteiger partial charge in [0.05, 0.1) is 24.3 Å². The summed E-state index contributed by atoms with van der Waals surface area (Å²) in [5.74, 6) is -20.3. The maximum Gasteiger partial charge on any atom is 0.341 e. The van der Waals surface area contributed by atoms with Crippen LogP contribution in [0.25, 0.3) is 0 Å². The number of likely N-dealkylation sites (tertiary alicyclic amines) is 1. The number of primary amides is 1. The van der Waals surface area contributed by atoms with Crippen LogP contribution in [0.5, 0.6) is 0 Å². The zero-order valence-electron chi connectivity index (χ0n) is 35.0. The molecule has 4 rings (SSSR count). The third-order valence-electron chi connectivity index (χ3n) is 10.4. The number of carboxylic acids is 1. The van der Waals surface area contributed by atoms with Crippen molar-refractivity contribution in [3.63, 3.8) is 0 Å². The molecule has 20 heteroatoms. The Hall–Kier alpha value is -5.92. The summed E-state index contributed by atoms with van der Waals surface area (Å²) in [6, 6.07) is 2.28. The van der Waals surface area contributed by atoms with Crippen LogP contribution in [0, 0.1) is 35.1 Å². The fourth-order valence-corrected chi connectivity index (χ4v) is 7.69. The van der Waals surface area contributed by atoms with E-state index < -0.39 is 130 Å². The highest BCUT2D eigenvalue weighted by Gasteiger charge is 2.47. The van der Waals surface area contributed by atoms with Gasteiger partial charge in [-0.15, -0.1) is 0 Å². The van der Waals surface area contributed by atoms with E-state index in [1.807, 2.05) is 0 Å². The van der Waals surface area contributed by atoms with E-state index in [9.17, 15) is 56.6 Å². The average molecular weight is 877 g/mol. The number of carboxylic acid groups (broad SMARTS) is 1. The first-order chi connectivity index (χ1) is 29.0. The molecule has 0 radical (unpaired) electrons. The van der Waals surface area contributed by atoms with Gasteiger partial charge in [-0.3, -0.25) is 33.6 Å². The molecular formula is C42H52F4N6O10. The minimum atomic E-state index is -2.42. The number of ketones is 1. The van der Waals surface area contributed by atoms with Gasteiger partial charge in [0, 0.05) is 13.0 Å². The van der Waals surface area contributed by atoms with E-state index in [-0.39, 0.29) is 25.3 Å². The van der Waals surface area contributed by atoms with E-state index in [1.54, 1.807) is 65.0 Å². The molecule has 0 aromatic heterocycles. The minimum Gasteiger partial charge on any atom is -0.477 e. The molecule has 2 fully saturated rings. The van der Waals surface area contributed by atoms with Crippen LogP contribution in [-0.2, 0) is 33.5 Å². The first-order valence-corrected chi connectivity index (χ1v) is 20.2. The number of nitrogens with two attached hydrogens (primary N) is 1. The fraction of sp³-hybridized carbons (Fsp3) is 0.524. The maximum atomic E-state index is 15.3. The average Bonchev–Trinajstić information content (AvgIpc) is 3.62. The smallest absolute Gasteiger partial charge is 0.341 e. The molecule has 338 valence electrons. The second kappa shape index (κ2) is 20.8. The Labute approximate surface area is 355 Å². The van der Waals surface area contributed by atoms with Crippen molar-refractivity contribution in [2.75, 3.05) is 13.1 Å². The summed E-state index contributed by atoms with van der Waals surface area (Å²) in [6.07, 6.45) is 1.50. The summed E-state index contributed by atoms with van der Waals surface area (Å²) in [7, 11) is 0. The number of hydrogen-bond donors (Lipinski definition) is 6. The number of rotatable bonds is 17. The molecule has 1 saturated carbocycles. The first-order valence-electron chi connectivity index (χ1n) is 20.2. The van der Waals surface area contributed by atoms with Crippen LogP contribution in [-0.4, -0.2) is 100 Å². The van der Waals surface area contributed by atoms with Crippen LogP contribution in [0.4, 0.5) is 17.6 Å². The highest BCUT2D eigenvalue weighted by Crippen LogP contribution is 2.32. The molecule has 6 amide bonds. The highest BCUT2D eigenvalue weighted by molar-refractivity contribution is 6.38. The highest BCUT2D eigenvalue weighted by atomic mass is 19.2. The van der Waals surface area contributed by atoms with Crippen molar-refractivity contribution in [2.24, 2.45) is 17.6 Å². The van der Waals surface area contributed by atoms with Gasteiger partial charge in [0.25, 0.3) is 11.8 Å². The van der Waals surface area contributed by atoms with Crippen LogP contribution in [0.3, 0.4) is 0 Å². The third kappa shape index (κ3) is 12.1. The summed E-state index contributed by atoms with van der Waals surface area (Å²) < 4.78 is 65.1. The first kappa shape index (κ1) is 48.7.